The van der Waals surface area contributed by atoms with Gasteiger partial charge in [-0.2, -0.15) is 5.10 Å². The van der Waals surface area contributed by atoms with Gasteiger partial charge < -0.3 is 15.0 Å². The van der Waals surface area contributed by atoms with Crippen molar-refractivity contribution in [1.82, 2.24) is 25.2 Å². The van der Waals surface area contributed by atoms with Gasteiger partial charge in [-0.05, 0) is 6.07 Å². The summed E-state index contributed by atoms with van der Waals surface area (Å²) in [4.78, 5) is 28.8. The third kappa shape index (κ3) is 3.69. The highest BCUT2D eigenvalue weighted by molar-refractivity contribution is 6.00. The Morgan fingerprint density at radius 1 is 1.34 bits per heavy atom. The topological polar surface area (TPSA) is 101 Å². The zero-order chi connectivity index (χ0) is 20.8. The third-order valence-corrected chi connectivity index (χ3v) is 4.76. The van der Waals surface area contributed by atoms with E-state index in [-0.39, 0.29) is 30.1 Å². The zero-order valence-electron chi connectivity index (χ0n) is 14.8. The fourth-order valence-corrected chi connectivity index (χ4v) is 3.39. The Bertz CT molecular complexity index is 952. The van der Waals surface area contributed by atoms with Crippen molar-refractivity contribution in [3.8, 4) is 0 Å². The predicted octanol–water partition coefficient (Wildman–Crippen LogP) is 0.758. The molecule has 2 aromatic rings. The molecule has 13 heteroatoms. The summed E-state index contributed by atoms with van der Waals surface area (Å²) < 4.78 is 59.4. The number of alkyl halides is 4. The Kier molecular flexibility index (Phi) is 4.76. The van der Waals surface area contributed by atoms with E-state index in [4.69, 9.17) is 4.74 Å². The number of imidazole rings is 1. The average molecular weight is 416 g/mol. The first-order chi connectivity index (χ1) is 13.7. The molecule has 2 saturated heterocycles. The van der Waals surface area contributed by atoms with E-state index in [1.807, 2.05) is 0 Å². The van der Waals surface area contributed by atoms with Crippen LogP contribution in [0.15, 0.2) is 18.5 Å². The van der Waals surface area contributed by atoms with E-state index in [1.165, 1.54) is 27.9 Å². The molecular weight excluding hydrogens is 400 g/mol. The largest absolute Gasteiger partial charge is 0.364 e. The van der Waals surface area contributed by atoms with Crippen LogP contribution in [0.3, 0.4) is 0 Å². The lowest BCUT2D eigenvalue weighted by atomic mass is 10.0. The maximum Gasteiger partial charge on any atom is 0.321 e. The molecule has 2 aliphatic rings. The zero-order valence-corrected chi connectivity index (χ0v) is 14.8. The first-order valence-corrected chi connectivity index (χ1v) is 8.70. The molecule has 2 fully saturated rings. The Morgan fingerprint density at radius 3 is 2.86 bits per heavy atom. The number of amides is 3. The third-order valence-electron chi connectivity index (χ3n) is 4.76. The molecule has 2 aliphatic heterocycles. The molecular formula is C16H16F4N6O3. The first-order valence-electron chi connectivity index (χ1n) is 8.70. The van der Waals surface area contributed by atoms with Crippen LogP contribution in [-0.4, -0.2) is 71.2 Å². The van der Waals surface area contributed by atoms with Gasteiger partial charge in [0.25, 0.3) is 12.3 Å². The molecule has 2 unspecified atom stereocenters. The van der Waals surface area contributed by atoms with Gasteiger partial charge in [0, 0.05) is 18.9 Å². The average Bonchev–Trinajstić information content (AvgIpc) is 3.22. The van der Waals surface area contributed by atoms with Crippen molar-refractivity contribution in [2.75, 3.05) is 31.1 Å². The summed E-state index contributed by atoms with van der Waals surface area (Å²) in [7, 11) is 0. The van der Waals surface area contributed by atoms with E-state index in [0.717, 1.165) is 0 Å². The second-order valence-corrected chi connectivity index (χ2v) is 6.76. The molecule has 2 atom stereocenters. The molecule has 3 amide bonds. The molecule has 9 nitrogen and oxygen atoms in total. The number of hydrogen-bond donors (Lipinski definition) is 2. The lowest BCUT2D eigenvalue weighted by molar-refractivity contribution is -0.124. The van der Waals surface area contributed by atoms with Crippen molar-refractivity contribution >= 4 is 23.3 Å². The molecule has 0 aromatic carbocycles. The fourth-order valence-electron chi connectivity index (χ4n) is 3.39. The summed E-state index contributed by atoms with van der Waals surface area (Å²) in [5.74, 6) is -4.75. The van der Waals surface area contributed by atoms with Gasteiger partial charge in [0.2, 0.25) is 5.91 Å². The number of imide groups is 1. The minimum Gasteiger partial charge on any atom is -0.364 e. The fraction of sp³-hybridized carbons (Fsp3) is 0.500. The molecule has 156 valence electrons. The van der Waals surface area contributed by atoms with Gasteiger partial charge in [-0.15, -0.1) is 0 Å². The molecule has 4 rings (SSSR count). The minimum atomic E-state index is -3.35. The van der Waals surface area contributed by atoms with Crippen LogP contribution in [0.5, 0.6) is 0 Å². The number of ether oxygens (including phenoxy) is 1. The van der Waals surface area contributed by atoms with Gasteiger partial charge >= 0.3 is 6.03 Å². The molecule has 0 aliphatic carbocycles. The first kappa shape index (κ1) is 19.4. The molecule has 2 N–H and O–H groups in total. The van der Waals surface area contributed by atoms with Crippen molar-refractivity contribution in [2.24, 2.45) is 0 Å². The van der Waals surface area contributed by atoms with E-state index < -0.39 is 49.5 Å². The van der Waals surface area contributed by atoms with E-state index in [2.05, 4.69) is 20.7 Å². The van der Waals surface area contributed by atoms with Crippen LogP contribution < -0.4 is 15.5 Å². The van der Waals surface area contributed by atoms with Crippen LogP contribution >= 0.6 is 0 Å². The number of fused-ring (bicyclic) bond motifs is 1. The molecule has 29 heavy (non-hydrogen) atoms. The van der Waals surface area contributed by atoms with Crippen LogP contribution in [0.2, 0.25) is 0 Å². The van der Waals surface area contributed by atoms with Crippen LogP contribution in [0.25, 0.3) is 5.65 Å². The van der Waals surface area contributed by atoms with Gasteiger partial charge in [-0.25, -0.2) is 31.9 Å². The van der Waals surface area contributed by atoms with Crippen molar-refractivity contribution in [1.29, 1.82) is 0 Å². The second kappa shape index (κ2) is 7.13. The molecule has 0 saturated carbocycles. The number of urea groups is 1. The van der Waals surface area contributed by atoms with E-state index in [1.54, 1.807) is 0 Å². The van der Waals surface area contributed by atoms with Gasteiger partial charge in [0.05, 0.1) is 30.4 Å². The van der Waals surface area contributed by atoms with Crippen LogP contribution in [0.4, 0.5) is 28.0 Å². The SMILES string of the molecule is O=C1NCC(c2cc(N3CC(OCC(F)F)C(F)(F)C3)c3nccn3n2)C(=O)N1. The van der Waals surface area contributed by atoms with Crippen LogP contribution in [0, 0.1) is 0 Å². The van der Waals surface area contributed by atoms with Gasteiger partial charge in [-0.3, -0.25) is 10.1 Å². The van der Waals surface area contributed by atoms with Gasteiger partial charge in [0.1, 0.15) is 12.7 Å². The Balaban J connectivity index is 1.66. The number of aromatic nitrogens is 3. The smallest absolute Gasteiger partial charge is 0.321 e. The number of carbonyl (C=O) groups is 2. The van der Waals surface area contributed by atoms with Crippen molar-refractivity contribution < 1.29 is 31.9 Å². The number of nitrogens with one attached hydrogen (secondary N) is 2. The minimum absolute atomic E-state index is 0.00635. The van der Waals surface area contributed by atoms with Crippen molar-refractivity contribution in [2.45, 2.75) is 24.4 Å². The maximum atomic E-state index is 14.3. The number of nitrogens with zero attached hydrogens (tertiary/aromatic N) is 4. The van der Waals surface area contributed by atoms with Crippen molar-refractivity contribution in [3.05, 3.63) is 24.2 Å². The van der Waals surface area contributed by atoms with Crippen molar-refractivity contribution in [3.63, 3.8) is 0 Å². The second-order valence-electron chi connectivity index (χ2n) is 6.76. The summed E-state index contributed by atoms with van der Waals surface area (Å²) in [6.45, 7) is -2.19. The van der Waals surface area contributed by atoms with Gasteiger partial charge in [0.15, 0.2) is 5.65 Å². The quantitative estimate of drug-likeness (QED) is 0.698. The van der Waals surface area contributed by atoms with Crippen LogP contribution in [-0.2, 0) is 9.53 Å². The molecule has 0 spiro atoms. The summed E-state index contributed by atoms with van der Waals surface area (Å²) in [5, 5.41) is 8.89. The monoisotopic (exact) mass is 416 g/mol. The summed E-state index contributed by atoms with van der Waals surface area (Å²) in [6.07, 6.45) is -1.66. The lowest BCUT2D eigenvalue weighted by Crippen LogP contribution is -2.51. The lowest BCUT2D eigenvalue weighted by Gasteiger charge is -2.24. The predicted molar refractivity (Wildman–Crippen MR) is 90.2 cm³/mol. The number of hydrogen-bond acceptors (Lipinski definition) is 6. The Hall–Kier alpha value is -2.96. The van der Waals surface area contributed by atoms with Gasteiger partial charge in [-0.1, -0.05) is 0 Å². The van der Waals surface area contributed by atoms with E-state index in [9.17, 15) is 27.2 Å². The highest BCUT2D eigenvalue weighted by Gasteiger charge is 2.50. The number of halogens is 4. The highest BCUT2D eigenvalue weighted by atomic mass is 19.3. The molecule has 0 bridgehead atoms. The summed E-state index contributed by atoms with van der Waals surface area (Å²) in [5.41, 5.74) is 0.759. The number of carbonyl (C=O) groups excluding carboxylic acids is 2. The summed E-state index contributed by atoms with van der Waals surface area (Å²) >= 11 is 0. The molecule has 2 aromatic heterocycles. The number of rotatable bonds is 5. The van der Waals surface area contributed by atoms with E-state index in [0.29, 0.717) is 0 Å². The normalized spacial score (nSPS) is 24.2. The maximum absolute atomic E-state index is 14.3. The molecule has 0 radical (unpaired) electrons. The molecule has 4 heterocycles. The Labute approximate surface area is 161 Å². The number of anilines is 1. The standard InChI is InChI=1S/C16H16F4N6O3/c17-12(18)6-29-11-5-25(7-16(11,19)20)10-3-9(24-26-2-1-21-13(10)26)8-4-22-15(28)23-14(8)27/h1-3,8,11-12H,4-7H2,(H2,22,23,27,28). The summed E-state index contributed by atoms with van der Waals surface area (Å²) in [6, 6.07) is 0.809. The van der Waals surface area contributed by atoms with E-state index >= 15 is 0 Å². The highest BCUT2D eigenvalue weighted by Crippen LogP contribution is 2.35. The Morgan fingerprint density at radius 2 is 2.14 bits per heavy atom. The van der Waals surface area contributed by atoms with Crippen LogP contribution in [0.1, 0.15) is 11.6 Å².